The van der Waals surface area contributed by atoms with E-state index in [9.17, 15) is 4.79 Å². The van der Waals surface area contributed by atoms with E-state index in [1.54, 1.807) is 6.07 Å². The van der Waals surface area contributed by atoms with E-state index in [2.05, 4.69) is 9.92 Å². The first kappa shape index (κ1) is 9.09. The Bertz CT molecular complexity index is 483. The summed E-state index contributed by atoms with van der Waals surface area (Å²) in [6, 6.07) is 5.67. The van der Waals surface area contributed by atoms with Gasteiger partial charge in [0.1, 0.15) is 0 Å². The van der Waals surface area contributed by atoms with E-state index in [0.717, 1.165) is 4.88 Å². The molecule has 0 fully saturated rings. The third-order valence-electron chi connectivity index (χ3n) is 1.45. The maximum absolute atomic E-state index is 11.1. The predicted molar refractivity (Wildman–Crippen MR) is 58.1 cm³/mol. The van der Waals surface area contributed by atoms with E-state index >= 15 is 0 Å². The van der Waals surface area contributed by atoms with Gasteiger partial charge >= 0.3 is 89.8 Å². The molecule has 2 rings (SSSR count). The minimum absolute atomic E-state index is 0.109. The number of hydrogen-bond acceptors (Lipinski definition) is 3. The zero-order valence-electron chi connectivity index (χ0n) is 6.44. The van der Waals surface area contributed by atoms with Crippen LogP contribution in [0.25, 0.3) is 9.31 Å². The Morgan fingerprint density at radius 1 is 1.54 bits per heavy atom. The minimum atomic E-state index is -0.109. The van der Waals surface area contributed by atoms with Crippen molar-refractivity contribution in [1.29, 1.82) is 0 Å². The quantitative estimate of drug-likeness (QED) is 0.636. The molecule has 0 bridgehead atoms. The van der Waals surface area contributed by atoms with Crippen LogP contribution in [0.3, 0.4) is 0 Å². The Labute approximate surface area is 89.6 Å². The molecule has 2 aromatic heterocycles. The summed E-state index contributed by atoms with van der Waals surface area (Å²) in [5, 5.41) is 0. The standard InChI is InChI=1S/C8H5NOS2Se/c10-7-4-5(12-8(11)9-7)6-2-1-3-13-6/h1-4H,(H,9,10,11). The molecule has 66 valence electrons. The van der Waals surface area contributed by atoms with Crippen LogP contribution in [-0.4, -0.2) is 19.5 Å². The van der Waals surface area contributed by atoms with Crippen molar-refractivity contribution in [2.24, 2.45) is 0 Å². The fourth-order valence-electron chi connectivity index (χ4n) is 0.951. The molecule has 0 radical (unpaired) electrons. The molecule has 0 unspecified atom stereocenters. The summed E-state index contributed by atoms with van der Waals surface area (Å²) in [6.45, 7) is 0. The van der Waals surface area contributed by atoms with Crippen molar-refractivity contribution in [2.45, 2.75) is 0 Å². The van der Waals surface area contributed by atoms with Gasteiger partial charge in [0.15, 0.2) is 0 Å². The van der Waals surface area contributed by atoms with Gasteiger partial charge < -0.3 is 0 Å². The Balaban J connectivity index is 2.66. The fraction of sp³-hybridized carbons (Fsp3) is 0. The average Bonchev–Trinajstić information content (AvgIpc) is 2.53. The molecular formula is C8H5NOS2Se. The first-order valence-corrected chi connectivity index (χ1v) is 6.61. The van der Waals surface area contributed by atoms with Crippen LogP contribution in [-0.2, 0) is 0 Å². The summed E-state index contributed by atoms with van der Waals surface area (Å²) in [5.41, 5.74) is -0.109. The van der Waals surface area contributed by atoms with Crippen molar-refractivity contribution in [3.8, 4) is 9.31 Å². The molecule has 0 amide bonds. The van der Waals surface area contributed by atoms with Crippen molar-refractivity contribution < 1.29 is 0 Å². The van der Waals surface area contributed by atoms with Gasteiger partial charge in [0.05, 0.1) is 0 Å². The molecule has 0 atom stereocenters. The summed E-state index contributed by atoms with van der Waals surface area (Å²) in [4.78, 5) is 16.8. The van der Waals surface area contributed by atoms with Gasteiger partial charge in [-0.1, -0.05) is 0 Å². The van der Waals surface area contributed by atoms with Crippen molar-refractivity contribution in [3.05, 3.63) is 37.4 Å². The third-order valence-corrected chi connectivity index (χ3v) is 4.84. The molecule has 2 aromatic rings. The van der Waals surface area contributed by atoms with Crippen LogP contribution in [0.5, 0.6) is 0 Å². The Morgan fingerprint density at radius 3 is 3.00 bits per heavy atom. The van der Waals surface area contributed by atoms with Gasteiger partial charge in [-0.05, 0) is 0 Å². The summed E-state index contributed by atoms with van der Waals surface area (Å²) < 4.78 is 1.78. The van der Waals surface area contributed by atoms with Crippen LogP contribution >= 0.6 is 23.6 Å². The van der Waals surface area contributed by atoms with Crippen molar-refractivity contribution in [2.75, 3.05) is 0 Å². The van der Waals surface area contributed by atoms with E-state index < -0.39 is 0 Å². The molecule has 0 spiro atoms. The average molecular weight is 274 g/mol. The molecule has 0 saturated carbocycles. The Kier molecular flexibility index (Phi) is 2.60. The SMILES string of the molecule is O=c1cc(-c2ccc[se]2)sc(=S)[nH]1. The molecule has 0 saturated heterocycles. The molecule has 13 heavy (non-hydrogen) atoms. The van der Waals surface area contributed by atoms with Crippen LogP contribution in [0.15, 0.2) is 27.9 Å². The topological polar surface area (TPSA) is 32.9 Å². The van der Waals surface area contributed by atoms with E-state index in [0.29, 0.717) is 18.5 Å². The van der Waals surface area contributed by atoms with Gasteiger partial charge in [-0.2, -0.15) is 0 Å². The van der Waals surface area contributed by atoms with Crippen molar-refractivity contribution in [3.63, 3.8) is 0 Å². The van der Waals surface area contributed by atoms with Crippen LogP contribution < -0.4 is 5.56 Å². The number of aromatic nitrogens is 1. The normalized spacial score (nSPS) is 10.2. The summed E-state index contributed by atoms with van der Waals surface area (Å²) in [7, 11) is 0. The first-order valence-electron chi connectivity index (χ1n) is 3.54. The number of rotatable bonds is 1. The van der Waals surface area contributed by atoms with Gasteiger partial charge in [0.2, 0.25) is 0 Å². The number of hydrogen-bond donors (Lipinski definition) is 1. The zero-order valence-corrected chi connectivity index (χ0v) is 9.79. The zero-order chi connectivity index (χ0) is 9.26. The summed E-state index contributed by atoms with van der Waals surface area (Å²) >= 11 is 6.77. The Hall–Kier alpha value is -0.481. The fourth-order valence-corrected chi connectivity index (χ4v) is 3.85. The van der Waals surface area contributed by atoms with Crippen LogP contribution in [0.2, 0.25) is 0 Å². The first-order chi connectivity index (χ1) is 6.25. The molecule has 1 N–H and O–H groups in total. The second kappa shape index (κ2) is 3.72. The molecule has 5 heteroatoms. The molecular weight excluding hydrogens is 269 g/mol. The number of H-pyrrole nitrogens is 1. The van der Waals surface area contributed by atoms with E-state index in [1.807, 2.05) is 12.1 Å². The van der Waals surface area contributed by atoms with E-state index in [4.69, 9.17) is 12.2 Å². The van der Waals surface area contributed by atoms with E-state index in [-0.39, 0.29) is 5.56 Å². The van der Waals surface area contributed by atoms with Gasteiger partial charge in [-0.25, -0.2) is 0 Å². The number of nitrogens with one attached hydrogen (secondary N) is 1. The second-order valence-electron chi connectivity index (χ2n) is 2.36. The summed E-state index contributed by atoms with van der Waals surface area (Å²) in [5.74, 6) is 0. The van der Waals surface area contributed by atoms with Crippen molar-refractivity contribution in [1.82, 2.24) is 4.98 Å². The monoisotopic (exact) mass is 275 g/mol. The molecule has 0 aliphatic rings. The molecule has 0 aliphatic heterocycles. The predicted octanol–water partition coefficient (Wildman–Crippen LogP) is 1.89. The molecule has 2 nitrogen and oxygen atoms in total. The Morgan fingerprint density at radius 2 is 2.38 bits per heavy atom. The van der Waals surface area contributed by atoms with Gasteiger partial charge in [-0.3, -0.25) is 0 Å². The van der Waals surface area contributed by atoms with E-state index in [1.165, 1.54) is 15.8 Å². The second-order valence-corrected chi connectivity index (χ2v) is 6.07. The van der Waals surface area contributed by atoms with Crippen LogP contribution in [0.1, 0.15) is 0 Å². The summed E-state index contributed by atoms with van der Waals surface area (Å²) in [6.07, 6.45) is 0. The molecule has 2 heterocycles. The van der Waals surface area contributed by atoms with Crippen LogP contribution in [0, 0.1) is 3.95 Å². The molecule has 0 aromatic carbocycles. The van der Waals surface area contributed by atoms with Gasteiger partial charge in [-0.15, -0.1) is 0 Å². The number of aromatic amines is 1. The maximum atomic E-state index is 11.1. The van der Waals surface area contributed by atoms with Crippen molar-refractivity contribution >= 4 is 38.1 Å². The third kappa shape index (κ3) is 2.06. The molecule has 0 aliphatic carbocycles. The van der Waals surface area contributed by atoms with Crippen LogP contribution in [0.4, 0.5) is 0 Å². The van der Waals surface area contributed by atoms with Gasteiger partial charge in [0, 0.05) is 0 Å². The van der Waals surface area contributed by atoms with Gasteiger partial charge in [0.25, 0.3) is 0 Å².